The molecular formula is C16H25N3O2. The van der Waals surface area contributed by atoms with E-state index in [9.17, 15) is 9.59 Å². The number of hydrogen-bond acceptors (Lipinski definition) is 3. The molecule has 0 aliphatic carbocycles. The SMILES string of the molecule is CCCNC(=O)c1cc(C(=O)N(CCC)CCC)ccn1. The highest BCUT2D eigenvalue weighted by molar-refractivity contribution is 5.98. The smallest absolute Gasteiger partial charge is 0.269 e. The van der Waals surface area contributed by atoms with Gasteiger partial charge in [-0.25, -0.2) is 0 Å². The van der Waals surface area contributed by atoms with Crippen LogP contribution in [0.5, 0.6) is 0 Å². The van der Waals surface area contributed by atoms with Gasteiger partial charge in [0.2, 0.25) is 0 Å². The van der Waals surface area contributed by atoms with E-state index in [1.807, 2.05) is 25.7 Å². The molecule has 0 unspecified atom stereocenters. The number of carbonyl (C=O) groups excluding carboxylic acids is 2. The first-order chi connectivity index (χ1) is 10.1. The number of aromatic nitrogens is 1. The molecule has 2 amide bonds. The molecule has 0 radical (unpaired) electrons. The molecule has 0 bridgehead atoms. The lowest BCUT2D eigenvalue weighted by Crippen LogP contribution is -2.33. The number of pyridine rings is 1. The van der Waals surface area contributed by atoms with Crippen molar-refractivity contribution in [2.75, 3.05) is 19.6 Å². The minimum Gasteiger partial charge on any atom is -0.351 e. The minimum atomic E-state index is -0.232. The van der Waals surface area contributed by atoms with Crippen LogP contribution < -0.4 is 5.32 Å². The van der Waals surface area contributed by atoms with Crippen molar-refractivity contribution in [3.8, 4) is 0 Å². The molecular weight excluding hydrogens is 266 g/mol. The summed E-state index contributed by atoms with van der Waals surface area (Å²) in [4.78, 5) is 30.2. The normalized spacial score (nSPS) is 10.2. The van der Waals surface area contributed by atoms with Crippen LogP contribution in [0.3, 0.4) is 0 Å². The van der Waals surface area contributed by atoms with Crippen LogP contribution in [0.4, 0.5) is 0 Å². The van der Waals surface area contributed by atoms with Crippen molar-refractivity contribution >= 4 is 11.8 Å². The third kappa shape index (κ3) is 5.17. The molecule has 1 N–H and O–H groups in total. The highest BCUT2D eigenvalue weighted by Crippen LogP contribution is 2.08. The van der Waals surface area contributed by atoms with Crippen LogP contribution in [0.1, 0.15) is 60.9 Å². The lowest BCUT2D eigenvalue weighted by Gasteiger charge is -2.21. The highest BCUT2D eigenvalue weighted by Gasteiger charge is 2.16. The average Bonchev–Trinajstić information content (AvgIpc) is 2.51. The van der Waals surface area contributed by atoms with Crippen LogP contribution in [-0.4, -0.2) is 41.3 Å². The van der Waals surface area contributed by atoms with Gasteiger partial charge in [-0.3, -0.25) is 14.6 Å². The second-order valence-corrected chi connectivity index (χ2v) is 4.98. The first kappa shape index (κ1) is 17.1. The van der Waals surface area contributed by atoms with E-state index in [1.165, 1.54) is 6.20 Å². The second-order valence-electron chi connectivity index (χ2n) is 4.98. The molecule has 5 heteroatoms. The van der Waals surface area contributed by atoms with Crippen molar-refractivity contribution in [3.05, 3.63) is 29.6 Å². The van der Waals surface area contributed by atoms with E-state index < -0.39 is 0 Å². The van der Waals surface area contributed by atoms with Crippen LogP contribution in [0.25, 0.3) is 0 Å². The lowest BCUT2D eigenvalue weighted by atomic mass is 10.2. The summed E-state index contributed by atoms with van der Waals surface area (Å²) in [6, 6.07) is 3.24. The number of amides is 2. The van der Waals surface area contributed by atoms with E-state index >= 15 is 0 Å². The Hall–Kier alpha value is -1.91. The standard InChI is InChI=1S/C16H25N3O2/c1-4-8-18-15(20)14-12-13(7-9-17-14)16(21)19(10-5-2)11-6-3/h7,9,12H,4-6,8,10-11H2,1-3H3,(H,18,20). The maximum atomic E-state index is 12.5. The Morgan fingerprint density at radius 3 is 2.38 bits per heavy atom. The molecule has 0 saturated heterocycles. The van der Waals surface area contributed by atoms with Crippen LogP contribution in [0.15, 0.2) is 18.3 Å². The summed E-state index contributed by atoms with van der Waals surface area (Å²) >= 11 is 0. The van der Waals surface area contributed by atoms with Gasteiger partial charge >= 0.3 is 0 Å². The fourth-order valence-corrected chi connectivity index (χ4v) is 2.05. The largest absolute Gasteiger partial charge is 0.351 e. The molecule has 0 spiro atoms. The van der Waals surface area contributed by atoms with Gasteiger partial charge in [-0.1, -0.05) is 20.8 Å². The summed E-state index contributed by atoms with van der Waals surface area (Å²) in [7, 11) is 0. The average molecular weight is 291 g/mol. The van der Waals surface area contributed by atoms with Crippen LogP contribution in [-0.2, 0) is 0 Å². The van der Waals surface area contributed by atoms with Gasteiger partial charge in [-0.2, -0.15) is 0 Å². The fourth-order valence-electron chi connectivity index (χ4n) is 2.05. The molecule has 1 heterocycles. The van der Waals surface area contributed by atoms with E-state index in [0.717, 1.165) is 32.4 Å². The molecule has 5 nitrogen and oxygen atoms in total. The Bertz CT molecular complexity index is 468. The van der Waals surface area contributed by atoms with Gasteiger partial charge in [0.25, 0.3) is 11.8 Å². The van der Waals surface area contributed by atoms with Gasteiger partial charge in [0.05, 0.1) is 0 Å². The maximum absolute atomic E-state index is 12.5. The molecule has 0 aromatic carbocycles. The Kier molecular flexibility index (Phi) is 7.43. The summed E-state index contributed by atoms with van der Waals surface area (Å²) in [6.45, 7) is 8.15. The van der Waals surface area contributed by atoms with Gasteiger partial charge in [0.1, 0.15) is 5.69 Å². The predicted octanol–water partition coefficient (Wildman–Crippen LogP) is 2.48. The third-order valence-corrected chi connectivity index (χ3v) is 3.05. The molecule has 116 valence electrons. The number of nitrogens with one attached hydrogen (secondary N) is 1. The maximum Gasteiger partial charge on any atom is 0.269 e. The zero-order valence-electron chi connectivity index (χ0n) is 13.2. The quantitative estimate of drug-likeness (QED) is 0.800. The number of hydrogen-bond donors (Lipinski definition) is 1. The molecule has 1 aromatic heterocycles. The van der Waals surface area contributed by atoms with Crippen molar-refractivity contribution in [2.45, 2.75) is 40.0 Å². The zero-order chi connectivity index (χ0) is 15.7. The lowest BCUT2D eigenvalue weighted by molar-refractivity contribution is 0.0755. The molecule has 0 aliphatic heterocycles. The molecule has 0 atom stereocenters. The third-order valence-electron chi connectivity index (χ3n) is 3.05. The van der Waals surface area contributed by atoms with Gasteiger partial charge in [-0.05, 0) is 31.4 Å². The van der Waals surface area contributed by atoms with Crippen molar-refractivity contribution in [3.63, 3.8) is 0 Å². The predicted molar refractivity (Wildman–Crippen MR) is 83.3 cm³/mol. The summed E-state index contributed by atoms with van der Waals surface area (Å²) in [5.41, 5.74) is 0.816. The molecule has 1 aromatic rings. The van der Waals surface area contributed by atoms with Crippen molar-refractivity contribution in [2.24, 2.45) is 0 Å². The summed E-state index contributed by atoms with van der Waals surface area (Å²) in [5, 5.41) is 2.77. The Balaban J connectivity index is 2.87. The summed E-state index contributed by atoms with van der Waals surface area (Å²) in [5.74, 6) is -0.269. The van der Waals surface area contributed by atoms with Crippen LogP contribution in [0.2, 0.25) is 0 Å². The van der Waals surface area contributed by atoms with Crippen LogP contribution in [0, 0.1) is 0 Å². The van der Waals surface area contributed by atoms with Crippen molar-refractivity contribution < 1.29 is 9.59 Å². The Morgan fingerprint density at radius 1 is 1.14 bits per heavy atom. The molecule has 0 aliphatic rings. The van der Waals surface area contributed by atoms with E-state index in [0.29, 0.717) is 17.8 Å². The first-order valence-corrected chi connectivity index (χ1v) is 7.67. The van der Waals surface area contributed by atoms with E-state index in [1.54, 1.807) is 12.1 Å². The highest BCUT2D eigenvalue weighted by atomic mass is 16.2. The fraction of sp³-hybridized carbons (Fsp3) is 0.562. The van der Waals surface area contributed by atoms with Crippen molar-refractivity contribution in [1.82, 2.24) is 15.2 Å². The Labute approximate surface area is 126 Å². The molecule has 0 fully saturated rings. The van der Waals surface area contributed by atoms with Gasteiger partial charge in [-0.15, -0.1) is 0 Å². The second kappa shape index (κ2) is 9.10. The van der Waals surface area contributed by atoms with E-state index in [-0.39, 0.29) is 11.8 Å². The van der Waals surface area contributed by atoms with E-state index in [4.69, 9.17) is 0 Å². The first-order valence-electron chi connectivity index (χ1n) is 7.67. The summed E-state index contributed by atoms with van der Waals surface area (Å²) < 4.78 is 0. The van der Waals surface area contributed by atoms with Gasteiger partial charge in [0.15, 0.2) is 0 Å². The topological polar surface area (TPSA) is 62.3 Å². The van der Waals surface area contributed by atoms with Crippen LogP contribution >= 0.6 is 0 Å². The monoisotopic (exact) mass is 291 g/mol. The van der Waals surface area contributed by atoms with E-state index in [2.05, 4.69) is 10.3 Å². The summed E-state index contributed by atoms with van der Waals surface area (Å²) in [6.07, 6.45) is 4.22. The number of carbonyl (C=O) groups is 2. The molecule has 0 saturated carbocycles. The van der Waals surface area contributed by atoms with Gasteiger partial charge in [0, 0.05) is 31.4 Å². The van der Waals surface area contributed by atoms with Gasteiger partial charge < -0.3 is 10.2 Å². The molecule has 21 heavy (non-hydrogen) atoms. The minimum absolute atomic E-state index is 0.0364. The Morgan fingerprint density at radius 2 is 1.81 bits per heavy atom. The molecule has 1 rings (SSSR count). The number of rotatable bonds is 8. The zero-order valence-corrected chi connectivity index (χ0v) is 13.2. The van der Waals surface area contributed by atoms with Crippen molar-refractivity contribution in [1.29, 1.82) is 0 Å². The number of nitrogens with zero attached hydrogens (tertiary/aromatic N) is 2.